The Balaban J connectivity index is 1.14. The molecule has 328 valence electrons. The molecule has 68 heavy (non-hydrogen) atoms. The number of rotatable bonds is 9. The molecule has 0 saturated carbocycles. The maximum Gasteiger partial charge on any atom is 0.145 e. The third-order valence-corrected chi connectivity index (χ3v) is 14.7. The molecule has 1 atom stereocenters. The molecular weight excluding hydrogens is 831 g/mol. The lowest BCUT2D eigenvalue weighted by atomic mass is 9.67. The van der Waals surface area contributed by atoms with Crippen molar-refractivity contribution in [2.24, 2.45) is 4.99 Å². The van der Waals surface area contributed by atoms with E-state index in [2.05, 4.69) is 212 Å². The van der Waals surface area contributed by atoms with Crippen LogP contribution in [0.2, 0.25) is 0 Å². The quantitative estimate of drug-likeness (QED) is 0.136. The van der Waals surface area contributed by atoms with Crippen molar-refractivity contribution in [3.05, 3.63) is 251 Å². The Morgan fingerprint density at radius 2 is 1.47 bits per heavy atom. The first-order chi connectivity index (χ1) is 33.5. The summed E-state index contributed by atoms with van der Waals surface area (Å²) in [5.74, 6) is 1.77. The number of aliphatic imine (C=N–C) groups is 1. The molecule has 3 heterocycles. The Kier molecular flexibility index (Phi) is 9.30. The van der Waals surface area contributed by atoms with E-state index in [1.54, 1.807) is 0 Å². The van der Waals surface area contributed by atoms with Crippen LogP contribution in [0, 0.1) is 0 Å². The molecule has 7 aromatic carbocycles. The summed E-state index contributed by atoms with van der Waals surface area (Å²) in [6.45, 7) is 9.11. The maximum absolute atomic E-state index is 7.34. The fourth-order valence-electron chi connectivity index (χ4n) is 11.9. The van der Waals surface area contributed by atoms with E-state index in [0.717, 1.165) is 104 Å². The van der Waals surface area contributed by atoms with Gasteiger partial charge in [0.15, 0.2) is 0 Å². The lowest BCUT2D eigenvalue weighted by molar-refractivity contribution is 0.546. The van der Waals surface area contributed by atoms with Crippen LogP contribution in [-0.2, 0) is 11.8 Å². The minimum Gasteiger partial charge on any atom is -0.460 e. The molecular formula is C63H49N3O2. The van der Waals surface area contributed by atoms with Crippen molar-refractivity contribution in [2.45, 2.75) is 50.9 Å². The lowest BCUT2D eigenvalue weighted by Gasteiger charge is -2.36. The van der Waals surface area contributed by atoms with Crippen molar-refractivity contribution in [1.82, 2.24) is 0 Å². The summed E-state index contributed by atoms with van der Waals surface area (Å²) >= 11 is 0. The molecule has 0 amide bonds. The summed E-state index contributed by atoms with van der Waals surface area (Å²) in [7, 11) is 0. The highest BCUT2D eigenvalue weighted by atomic mass is 16.3. The first kappa shape index (κ1) is 40.2. The summed E-state index contributed by atoms with van der Waals surface area (Å²) in [6, 6.07) is 57.2. The van der Waals surface area contributed by atoms with Crippen LogP contribution in [0.4, 0.5) is 17.1 Å². The third-order valence-electron chi connectivity index (χ3n) is 14.7. The van der Waals surface area contributed by atoms with Crippen LogP contribution in [0.3, 0.4) is 0 Å². The zero-order valence-corrected chi connectivity index (χ0v) is 38.2. The molecule has 0 N–H and O–H groups in total. The zero-order valence-electron chi connectivity index (χ0n) is 38.2. The molecule has 0 saturated heterocycles. The summed E-state index contributed by atoms with van der Waals surface area (Å²) < 4.78 is 14.4. The van der Waals surface area contributed by atoms with Gasteiger partial charge in [0.2, 0.25) is 0 Å². The van der Waals surface area contributed by atoms with E-state index in [1.807, 2.05) is 6.21 Å². The predicted molar refractivity (Wildman–Crippen MR) is 281 cm³/mol. The van der Waals surface area contributed by atoms with Crippen LogP contribution in [0.1, 0.15) is 78.2 Å². The van der Waals surface area contributed by atoms with Gasteiger partial charge in [0.05, 0.1) is 16.5 Å². The third kappa shape index (κ3) is 5.85. The van der Waals surface area contributed by atoms with Crippen molar-refractivity contribution in [3.8, 4) is 11.1 Å². The van der Waals surface area contributed by atoms with E-state index >= 15 is 0 Å². The Morgan fingerprint density at radius 1 is 0.765 bits per heavy atom. The SMILES string of the molecule is C=C(N=C/C(C)=C\CC)N(C1=CC=C2C(C1)c1ccccc1N2c1ccccc1)c1cc2c(c3oc4ccccc4c13)-c1c(ccc3c4c(oc13)CCC=C4)C2(c1ccccc1)c1ccccc1. The standard InChI is InChI=1S/C63H49N3O2/c1-4-20-40(2)39-64-41(3)65(45-33-36-54-50(37-45)46-27-14-17-30-53(46)66(54)44-25-12-7-13-26-44)55-38-52-60(62-58(55)49-29-16-19-32-57(49)68-62)59-51(35-34-48-47-28-15-18-31-56(47)67-61(48)59)63(52,42-21-8-5-9-22-42)43-23-10-6-11-24-43/h5-17,19-30,32-36,38-39,50H,3-4,18,31,37H2,1-2H3/b40-20-,64-39?. The zero-order chi connectivity index (χ0) is 45.5. The van der Waals surface area contributed by atoms with Gasteiger partial charge in [-0.1, -0.05) is 159 Å². The highest BCUT2D eigenvalue weighted by Crippen LogP contribution is 2.63. The average Bonchev–Trinajstić information content (AvgIpc) is 4.14. The Hall–Kier alpha value is -8.15. The second kappa shape index (κ2) is 15.7. The van der Waals surface area contributed by atoms with E-state index < -0.39 is 5.41 Å². The van der Waals surface area contributed by atoms with Gasteiger partial charge in [-0.15, -0.1) is 0 Å². The summed E-state index contributed by atoms with van der Waals surface area (Å²) in [4.78, 5) is 9.99. The van der Waals surface area contributed by atoms with Crippen LogP contribution in [0.15, 0.2) is 225 Å². The molecule has 1 aliphatic heterocycles. The number of hydrogen-bond donors (Lipinski definition) is 0. The van der Waals surface area contributed by atoms with Gasteiger partial charge in [0.1, 0.15) is 28.3 Å². The van der Waals surface area contributed by atoms with Crippen molar-refractivity contribution in [3.63, 3.8) is 0 Å². The molecule has 5 nitrogen and oxygen atoms in total. The van der Waals surface area contributed by atoms with E-state index in [-0.39, 0.29) is 5.92 Å². The van der Waals surface area contributed by atoms with Gasteiger partial charge in [-0.05, 0) is 95.6 Å². The molecule has 4 aliphatic rings. The van der Waals surface area contributed by atoms with Crippen LogP contribution >= 0.6 is 0 Å². The van der Waals surface area contributed by atoms with Crippen LogP contribution in [-0.4, -0.2) is 6.21 Å². The number of aryl methyl sites for hydroxylation is 1. The fourth-order valence-corrected chi connectivity index (χ4v) is 11.9. The van der Waals surface area contributed by atoms with E-state index in [0.29, 0.717) is 5.82 Å². The summed E-state index contributed by atoms with van der Waals surface area (Å²) in [6.07, 6.45) is 16.8. The lowest BCUT2D eigenvalue weighted by Crippen LogP contribution is -2.29. The second-order valence-electron chi connectivity index (χ2n) is 18.4. The van der Waals surface area contributed by atoms with E-state index in [1.165, 1.54) is 39.2 Å². The summed E-state index contributed by atoms with van der Waals surface area (Å²) in [5.41, 5.74) is 17.8. The first-order valence-electron chi connectivity index (χ1n) is 23.9. The number of hydrogen-bond acceptors (Lipinski definition) is 5. The molecule has 13 rings (SSSR count). The minimum absolute atomic E-state index is 0.0997. The van der Waals surface area contributed by atoms with Crippen LogP contribution in [0.25, 0.3) is 50.1 Å². The fraction of sp³-hybridized carbons (Fsp3) is 0.127. The Labute approximate surface area is 396 Å². The monoisotopic (exact) mass is 879 g/mol. The molecule has 0 radical (unpaired) electrons. The molecule has 0 fully saturated rings. The topological polar surface area (TPSA) is 45.1 Å². The molecule has 0 spiro atoms. The van der Waals surface area contributed by atoms with Crippen molar-refractivity contribution in [1.29, 1.82) is 0 Å². The molecule has 3 aliphatic carbocycles. The maximum atomic E-state index is 7.34. The Morgan fingerprint density at radius 3 is 2.25 bits per heavy atom. The van der Waals surface area contributed by atoms with Crippen LogP contribution in [0.5, 0.6) is 0 Å². The van der Waals surface area contributed by atoms with Crippen molar-refractivity contribution >= 4 is 62.3 Å². The number of furan rings is 2. The molecule has 0 bridgehead atoms. The number of para-hydroxylation sites is 3. The van der Waals surface area contributed by atoms with E-state index in [9.17, 15) is 0 Å². The predicted octanol–water partition coefficient (Wildman–Crippen LogP) is 16.5. The average molecular weight is 880 g/mol. The van der Waals surface area contributed by atoms with Gasteiger partial charge < -0.3 is 13.7 Å². The van der Waals surface area contributed by atoms with Gasteiger partial charge in [0, 0.05) is 75.2 Å². The highest BCUT2D eigenvalue weighted by Gasteiger charge is 2.50. The smallest absolute Gasteiger partial charge is 0.145 e. The van der Waals surface area contributed by atoms with Gasteiger partial charge in [0.25, 0.3) is 0 Å². The highest BCUT2D eigenvalue weighted by molar-refractivity contribution is 6.21. The van der Waals surface area contributed by atoms with Crippen LogP contribution < -0.4 is 9.80 Å². The largest absolute Gasteiger partial charge is 0.460 e. The van der Waals surface area contributed by atoms with Gasteiger partial charge in [-0.25, -0.2) is 4.99 Å². The second-order valence-corrected chi connectivity index (χ2v) is 18.4. The minimum atomic E-state index is -0.752. The normalized spacial score (nSPS) is 16.7. The first-order valence-corrected chi connectivity index (χ1v) is 23.9. The molecule has 2 aromatic heterocycles. The van der Waals surface area contributed by atoms with Gasteiger partial charge in [-0.3, -0.25) is 4.90 Å². The molecule has 9 aromatic rings. The van der Waals surface area contributed by atoms with Gasteiger partial charge >= 0.3 is 0 Å². The van der Waals surface area contributed by atoms with Gasteiger partial charge in [-0.2, -0.15) is 0 Å². The van der Waals surface area contributed by atoms with Crippen molar-refractivity contribution < 1.29 is 8.83 Å². The molecule has 5 heteroatoms. The number of benzene rings is 7. The van der Waals surface area contributed by atoms with Crippen molar-refractivity contribution in [2.75, 3.05) is 9.80 Å². The Bertz CT molecular complexity index is 3640. The molecule has 1 unspecified atom stereocenters. The summed E-state index contributed by atoms with van der Waals surface area (Å²) in [5, 5.41) is 3.17. The van der Waals surface area contributed by atoms with E-state index in [4.69, 9.17) is 20.4 Å². The number of nitrogens with zero attached hydrogens (tertiary/aromatic N) is 3. The number of fused-ring (bicyclic) bond motifs is 14. The number of anilines is 3. The number of allylic oxidation sites excluding steroid dienone is 7.